The van der Waals surface area contributed by atoms with E-state index in [0.717, 1.165) is 6.20 Å². The highest BCUT2D eigenvalue weighted by atomic mass is 19.3. The van der Waals surface area contributed by atoms with Crippen LogP contribution in [0, 0.1) is 11.3 Å². The molecule has 0 saturated carbocycles. The van der Waals surface area contributed by atoms with Gasteiger partial charge in [-0.25, -0.2) is 13.8 Å². The Balaban J connectivity index is 3.53. The summed E-state index contributed by atoms with van der Waals surface area (Å²) in [6.45, 7) is 0. The van der Waals surface area contributed by atoms with Crippen molar-refractivity contribution in [3.05, 3.63) is 22.9 Å². The van der Waals surface area contributed by atoms with Crippen LogP contribution in [0.15, 0.2) is 6.20 Å². The molecule has 6 heteroatoms. The molecule has 0 fully saturated rings. The Morgan fingerprint density at radius 1 is 1.67 bits per heavy atom. The molecule has 1 rings (SSSR count). The van der Waals surface area contributed by atoms with Gasteiger partial charge in [-0.3, -0.25) is 4.79 Å². The Morgan fingerprint density at radius 3 is 2.73 bits per heavy atom. The van der Waals surface area contributed by atoms with Crippen LogP contribution in [0.5, 0.6) is 5.88 Å². The second-order valence-electron chi connectivity index (χ2n) is 2.54. The van der Waals surface area contributed by atoms with Crippen molar-refractivity contribution in [2.45, 2.75) is 6.43 Å². The van der Waals surface area contributed by atoms with Crippen molar-refractivity contribution < 1.29 is 18.3 Å². The topological polar surface area (TPSA) is 63.0 Å². The molecule has 1 aromatic rings. The second-order valence-corrected chi connectivity index (χ2v) is 2.54. The summed E-state index contributed by atoms with van der Waals surface area (Å²) in [6, 6.07) is 1.54. The van der Waals surface area contributed by atoms with E-state index in [0.29, 0.717) is 0 Å². The normalized spacial score (nSPS) is 9.80. The molecule has 1 heterocycles. The van der Waals surface area contributed by atoms with E-state index in [9.17, 15) is 13.6 Å². The number of carbonyl (C=O) groups is 1. The van der Waals surface area contributed by atoms with Crippen LogP contribution in [-0.4, -0.2) is 18.4 Å². The molecule has 0 atom stereocenters. The minimum absolute atomic E-state index is 0.210. The molecule has 0 spiro atoms. The standard InChI is InChI=1S/C9H6F2N2O2/c1-15-9-6(2-12)7(8(10)11)5(4-14)3-13-9/h3-4,8H,1H3. The van der Waals surface area contributed by atoms with Gasteiger partial charge in [0.25, 0.3) is 6.43 Å². The van der Waals surface area contributed by atoms with Gasteiger partial charge in [-0.2, -0.15) is 5.26 Å². The van der Waals surface area contributed by atoms with Gasteiger partial charge in [0.1, 0.15) is 11.6 Å². The predicted molar refractivity (Wildman–Crippen MR) is 45.8 cm³/mol. The monoisotopic (exact) mass is 212 g/mol. The van der Waals surface area contributed by atoms with Crippen molar-refractivity contribution in [1.29, 1.82) is 5.26 Å². The zero-order valence-corrected chi connectivity index (χ0v) is 7.70. The number of aromatic nitrogens is 1. The Hall–Kier alpha value is -2.03. The van der Waals surface area contributed by atoms with Crippen molar-refractivity contribution in [1.82, 2.24) is 4.98 Å². The fourth-order valence-corrected chi connectivity index (χ4v) is 1.11. The Labute approximate surface area is 84.1 Å². The summed E-state index contributed by atoms with van der Waals surface area (Å²) >= 11 is 0. The summed E-state index contributed by atoms with van der Waals surface area (Å²) in [4.78, 5) is 14.0. The molecule has 0 saturated heterocycles. The van der Waals surface area contributed by atoms with Gasteiger partial charge in [-0.1, -0.05) is 0 Å². The van der Waals surface area contributed by atoms with E-state index in [-0.39, 0.29) is 17.7 Å². The highest BCUT2D eigenvalue weighted by Gasteiger charge is 2.22. The lowest BCUT2D eigenvalue weighted by molar-refractivity contribution is 0.110. The molecular weight excluding hydrogens is 206 g/mol. The fourth-order valence-electron chi connectivity index (χ4n) is 1.11. The zero-order chi connectivity index (χ0) is 11.4. The minimum atomic E-state index is -2.92. The average molecular weight is 212 g/mol. The molecule has 0 aliphatic carbocycles. The van der Waals surface area contributed by atoms with Crippen LogP contribution >= 0.6 is 0 Å². The molecule has 4 nitrogen and oxygen atoms in total. The number of nitriles is 1. The van der Waals surface area contributed by atoms with E-state index in [1.165, 1.54) is 7.11 Å². The highest BCUT2D eigenvalue weighted by molar-refractivity contribution is 5.78. The van der Waals surface area contributed by atoms with Crippen LogP contribution < -0.4 is 4.74 Å². The van der Waals surface area contributed by atoms with Gasteiger partial charge < -0.3 is 4.74 Å². The van der Waals surface area contributed by atoms with E-state index in [2.05, 4.69) is 9.72 Å². The maximum absolute atomic E-state index is 12.6. The SMILES string of the molecule is COc1ncc(C=O)c(C(F)F)c1C#N. The number of aldehydes is 1. The number of alkyl halides is 2. The number of carbonyl (C=O) groups excluding carboxylic acids is 1. The summed E-state index contributed by atoms with van der Waals surface area (Å²) in [5.41, 5.74) is -1.35. The zero-order valence-electron chi connectivity index (χ0n) is 7.70. The van der Waals surface area contributed by atoms with Crippen LogP contribution in [0.3, 0.4) is 0 Å². The second kappa shape index (κ2) is 4.46. The lowest BCUT2D eigenvalue weighted by Gasteiger charge is -2.08. The highest BCUT2D eigenvalue weighted by Crippen LogP contribution is 2.29. The molecule has 15 heavy (non-hydrogen) atoms. The van der Waals surface area contributed by atoms with Crippen molar-refractivity contribution in [3.8, 4) is 11.9 Å². The summed E-state index contributed by atoms with van der Waals surface area (Å²) in [5, 5.41) is 8.68. The van der Waals surface area contributed by atoms with E-state index in [4.69, 9.17) is 5.26 Å². The molecule has 0 unspecified atom stereocenters. The Bertz CT molecular complexity index is 427. The van der Waals surface area contributed by atoms with Gasteiger partial charge >= 0.3 is 0 Å². The Morgan fingerprint density at radius 2 is 2.33 bits per heavy atom. The first-order chi connectivity index (χ1) is 7.15. The van der Waals surface area contributed by atoms with Crippen molar-refractivity contribution in [2.24, 2.45) is 0 Å². The molecule has 78 valence electrons. The quantitative estimate of drug-likeness (QED) is 0.715. The average Bonchev–Trinajstić information content (AvgIpc) is 2.26. The Kier molecular flexibility index (Phi) is 3.29. The van der Waals surface area contributed by atoms with Crippen LogP contribution in [0.2, 0.25) is 0 Å². The first-order valence-electron chi connectivity index (χ1n) is 3.86. The smallest absolute Gasteiger partial charge is 0.266 e. The third kappa shape index (κ3) is 1.91. The lowest BCUT2D eigenvalue weighted by Crippen LogP contribution is -2.02. The summed E-state index contributed by atoms with van der Waals surface area (Å²) in [5.74, 6) is -0.210. The molecule has 0 aliphatic heterocycles. The fraction of sp³-hybridized carbons (Fsp3) is 0.222. The molecule has 0 radical (unpaired) electrons. The molecule has 0 aliphatic rings. The molecule has 0 N–H and O–H groups in total. The van der Waals surface area contributed by atoms with Gasteiger partial charge in [0.15, 0.2) is 6.29 Å². The van der Waals surface area contributed by atoms with Crippen LogP contribution in [0.1, 0.15) is 27.9 Å². The van der Waals surface area contributed by atoms with E-state index >= 15 is 0 Å². The van der Waals surface area contributed by atoms with E-state index in [1.54, 1.807) is 6.07 Å². The molecule has 0 bridgehead atoms. The number of nitrogens with zero attached hydrogens (tertiary/aromatic N) is 2. The number of hydrogen-bond acceptors (Lipinski definition) is 4. The number of halogens is 2. The summed E-state index contributed by atoms with van der Waals surface area (Å²) in [7, 11) is 1.21. The summed E-state index contributed by atoms with van der Waals surface area (Å²) in [6.07, 6.45) is -1.74. The number of pyridine rings is 1. The molecule has 0 amide bonds. The maximum Gasteiger partial charge on any atom is 0.266 e. The van der Waals surface area contributed by atoms with Crippen molar-refractivity contribution in [2.75, 3.05) is 7.11 Å². The lowest BCUT2D eigenvalue weighted by atomic mass is 10.1. The first kappa shape index (κ1) is 11.0. The number of methoxy groups -OCH3 is 1. The maximum atomic E-state index is 12.6. The van der Waals surface area contributed by atoms with Crippen LogP contribution in [-0.2, 0) is 0 Å². The third-order valence-corrected chi connectivity index (χ3v) is 1.77. The van der Waals surface area contributed by atoms with E-state index in [1.807, 2.05) is 0 Å². The largest absolute Gasteiger partial charge is 0.480 e. The molecule has 0 aromatic carbocycles. The van der Waals surface area contributed by atoms with Crippen LogP contribution in [0.4, 0.5) is 8.78 Å². The van der Waals surface area contributed by atoms with Gasteiger partial charge in [-0.05, 0) is 0 Å². The third-order valence-electron chi connectivity index (χ3n) is 1.77. The molecular formula is C9H6F2N2O2. The van der Waals surface area contributed by atoms with Crippen molar-refractivity contribution >= 4 is 6.29 Å². The first-order valence-corrected chi connectivity index (χ1v) is 3.86. The molecule has 1 aromatic heterocycles. The van der Waals surface area contributed by atoms with Crippen LogP contribution in [0.25, 0.3) is 0 Å². The predicted octanol–water partition coefficient (Wildman–Crippen LogP) is 1.71. The summed E-state index contributed by atoms with van der Waals surface area (Å²) < 4.78 is 29.8. The van der Waals surface area contributed by atoms with Gasteiger partial charge in [0, 0.05) is 11.8 Å². The van der Waals surface area contributed by atoms with Crippen molar-refractivity contribution in [3.63, 3.8) is 0 Å². The minimum Gasteiger partial charge on any atom is -0.480 e. The van der Waals surface area contributed by atoms with Gasteiger partial charge in [-0.15, -0.1) is 0 Å². The van der Waals surface area contributed by atoms with Gasteiger partial charge in [0.2, 0.25) is 5.88 Å². The van der Waals surface area contributed by atoms with E-state index < -0.39 is 17.6 Å². The number of rotatable bonds is 3. The number of ether oxygens (including phenoxy) is 1. The number of hydrogen-bond donors (Lipinski definition) is 0. The van der Waals surface area contributed by atoms with Gasteiger partial charge in [0.05, 0.1) is 12.7 Å².